The maximum absolute atomic E-state index is 12.3. The van der Waals surface area contributed by atoms with Gasteiger partial charge in [0, 0.05) is 24.5 Å². The molecule has 2 aromatic rings. The van der Waals surface area contributed by atoms with Crippen molar-refractivity contribution in [3.63, 3.8) is 0 Å². The van der Waals surface area contributed by atoms with Crippen LogP contribution < -0.4 is 4.74 Å². The van der Waals surface area contributed by atoms with Crippen LogP contribution >= 0.6 is 11.8 Å². The van der Waals surface area contributed by atoms with Crippen molar-refractivity contribution in [1.29, 1.82) is 0 Å². The number of para-hydroxylation sites is 1. The Morgan fingerprint density at radius 3 is 2.87 bits per heavy atom. The number of hydrogen-bond acceptors (Lipinski definition) is 4. The van der Waals surface area contributed by atoms with Crippen LogP contribution in [0.25, 0.3) is 0 Å². The summed E-state index contributed by atoms with van der Waals surface area (Å²) < 4.78 is 5.75. The first kappa shape index (κ1) is 15.6. The lowest BCUT2D eigenvalue weighted by molar-refractivity contribution is -0.128. The first-order valence-electron chi connectivity index (χ1n) is 7.42. The highest BCUT2D eigenvalue weighted by Gasteiger charge is 2.34. The Morgan fingerprint density at radius 2 is 2.09 bits per heavy atom. The molecule has 0 saturated carbocycles. The molecule has 1 aliphatic rings. The summed E-state index contributed by atoms with van der Waals surface area (Å²) in [7, 11) is 0. The van der Waals surface area contributed by atoms with Crippen molar-refractivity contribution in [2.24, 2.45) is 0 Å². The third kappa shape index (κ3) is 3.56. The summed E-state index contributed by atoms with van der Waals surface area (Å²) in [5, 5.41) is -0.0309. The molecule has 1 saturated heterocycles. The Hall–Kier alpha value is -2.27. The highest BCUT2D eigenvalue weighted by Crippen LogP contribution is 2.43. The highest BCUT2D eigenvalue weighted by molar-refractivity contribution is 8.00. The van der Waals surface area contributed by atoms with Gasteiger partial charge in [-0.1, -0.05) is 30.9 Å². The van der Waals surface area contributed by atoms with Gasteiger partial charge in [0.25, 0.3) is 0 Å². The van der Waals surface area contributed by atoms with Gasteiger partial charge < -0.3 is 9.64 Å². The van der Waals surface area contributed by atoms with E-state index in [9.17, 15) is 4.79 Å². The van der Waals surface area contributed by atoms with E-state index >= 15 is 0 Å². The van der Waals surface area contributed by atoms with Crippen LogP contribution in [0, 0.1) is 0 Å². The minimum Gasteiger partial charge on any atom is -0.489 e. The van der Waals surface area contributed by atoms with Crippen LogP contribution in [0.3, 0.4) is 0 Å². The van der Waals surface area contributed by atoms with Gasteiger partial charge in [-0.25, -0.2) is 0 Å². The number of nitrogens with zero attached hydrogens (tertiary/aromatic N) is 2. The molecule has 5 heteroatoms. The Kier molecular flexibility index (Phi) is 4.98. The molecule has 23 heavy (non-hydrogen) atoms. The Balaban J connectivity index is 1.86. The van der Waals surface area contributed by atoms with Gasteiger partial charge in [-0.15, -0.1) is 11.8 Å². The Morgan fingerprint density at radius 1 is 1.30 bits per heavy atom. The van der Waals surface area contributed by atoms with Crippen molar-refractivity contribution in [3.05, 3.63) is 72.6 Å². The lowest BCUT2D eigenvalue weighted by Crippen LogP contribution is -2.27. The number of aromatic nitrogens is 1. The number of rotatable bonds is 6. The van der Waals surface area contributed by atoms with Gasteiger partial charge in [-0.3, -0.25) is 9.78 Å². The molecule has 1 atom stereocenters. The smallest absolute Gasteiger partial charge is 0.234 e. The molecule has 0 aliphatic carbocycles. The molecule has 1 fully saturated rings. The minimum absolute atomic E-state index is 0.0309. The van der Waals surface area contributed by atoms with Gasteiger partial charge in [-0.05, 0) is 23.8 Å². The number of amides is 1. The molecule has 3 rings (SSSR count). The van der Waals surface area contributed by atoms with Crippen LogP contribution in [0.15, 0.2) is 61.4 Å². The van der Waals surface area contributed by atoms with E-state index in [0.717, 1.165) is 16.9 Å². The molecule has 4 nitrogen and oxygen atoms in total. The third-order valence-corrected chi connectivity index (χ3v) is 4.85. The van der Waals surface area contributed by atoms with E-state index in [-0.39, 0.29) is 11.3 Å². The number of thioether (sulfide) groups is 1. The summed E-state index contributed by atoms with van der Waals surface area (Å²) >= 11 is 1.63. The Labute approximate surface area is 140 Å². The van der Waals surface area contributed by atoms with Crippen LogP contribution in [0.4, 0.5) is 0 Å². The van der Waals surface area contributed by atoms with Crippen LogP contribution in [-0.2, 0) is 11.3 Å². The molecule has 1 amide bonds. The molecule has 0 spiro atoms. The van der Waals surface area contributed by atoms with Gasteiger partial charge in [0.05, 0.1) is 5.75 Å². The highest BCUT2D eigenvalue weighted by atomic mass is 32.2. The zero-order valence-corrected chi connectivity index (χ0v) is 13.5. The first-order valence-corrected chi connectivity index (χ1v) is 8.47. The number of ether oxygens (including phenoxy) is 1. The quantitative estimate of drug-likeness (QED) is 0.763. The molecule has 1 unspecified atom stereocenters. The van der Waals surface area contributed by atoms with E-state index in [1.165, 1.54) is 0 Å². The van der Waals surface area contributed by atoms with Crippen molar-refractivity contribution >= 4 is 17.7 Å². The van der Waals surface area contributed by atoms with Gasteiger partial charge in [-0.2, -0.15) is 0 Å². The van der Waals surface area contributed by atoms with Crippen LogP contribution in [0.1, 0.15) is 16.5 Å². The zero-order chi connectivity index (χ0) is 16.1. The zero-order valence-electron chi connectivity index (χ0n) is 12.7. The number of carbonyl (C=O) groups is 1. The van der Waals surface area contributed by atoms with Gasteiger partial charge in [0.2, 0.25) is 5.91 Å². The standard InChI is InChI=1S/C18H18N2O2S/c1-2-11-22-16-6-4-3-5-15(16)18-20(17(21)13-23-18)12-14-7-9-19-10-8-14/h2-10,18H,1,11-13H2. The number of pyridine rings is 1. The van der Waals surface area contributed by atoms with Crippen molar-refractivity contribution in [3.8, 4) is 5.75 Å². The second-order valence-corrected chi connectivity index (χ2v) is 6.25. The lowest BCUT2D eigenvalue weighted by Gasteiger charge is -2.25. The van der Waals surface area contributed by atoms with Crippen molar-refractivity contribution in [2.75, 3.05) is 12.4 Å². The number of benzene rings is 1. The lowest BCUT2D eigenvalue weighted by atomic mass is 10.1. The van der Waals surface area contributed by atoms with Crippen molar-refractivity contribution in [2.45, 2.75) is 11.9 Å². The second kappa shape index (κ2) is 7.33. The Bertz CT molecular complexity index is 690. The molecular weight excluding hydrogens is 308 g/mol. The summed E-state index contributed by atoms with van der Waals surface area (Å²) in [6.07, 6.45) is 5.22. The van der Waals surface area contributed by atoms with E-state index in [1.54, 1.807) is 30.2 Å². The molecule has 2 heterocycles. The van der Waals surface area contributed by atoms with Crippen LogP contribution in [0.2, 0.25) is 0 Å². The predicted octanol–water partition coefficient (Wildman–Crippen LogP) is 3.42. The monoisotopic (exact) mass is 326 g/mol. The van der Waals surface area contributed by atoms with E-state index in [0.29, 0.717) is 18.9 Å². The first-order chi connectivity index (χ1) is 11.3. The maximum atomic E-state index is 12.3. The van der Waals surface area contributed by atoms with E-state index in [4.69, 9.17) is 4.74 Å². The second-order valence-electron chi connectivity index (χ2n) is 5.18. The molecule has 0 N–H and O–H groups in total. The minimum atomic E-state index is -0.0309. The van der Waals surface area contributed by atoms with E-state index in [1.807, 2.05) is 41.3 Å². The maximum Gasteiger partial charge on any atom is 0.234 e. The molecule has 1 aliphatic heterocycles. The molecule has 0 bridgehead atoms. The fourth-order valence-electron chi connectivity index (χ4n) is 2.53. The fourth-order valence-corrected chi connectivity index (χ4v) is 3.74. The SMILES string of the molecule is C=CCOc1ccccc1C1SCC(=O)N1Cc1ccncc1. The third-order valence-electron chi connectivity index (χ3n) is 3.61. The molecule has 0 radical (unpaired) electrons. The number of carbonyl (C=O) groups excluding carboxylic acids is 1. The topological polar surface area (TPSA) is 42.4 Å². The largest absolute Gasteiger partial charge is 0.489 e. The van der Waals surface area contributed by atoms with Crippen LogP contribution in [-0.4, -0.2) is 28.2 Å². The summed E-state index contributed by atoms with van der Waals surface area (Å²) in [4.78, 5) is 18.2. The molecular formula is C18H18N2O2S. The summed E-state index contributed by atoms with van der Waals surface area (Å²) in [6.45, 7) is 4.71. The average Bonchev–Trinajstić information content (AvgIpc) is 2.95. The number of hydrogen-bond donors (Lipinski definition) is 0. The van der Waals surface area contributed by atoms with Gasteiger partial charge in [0.15, 0.2) is 0 Å². The molecule has 118 valence electrons. The fraction of sp³-hybridized carbons (Fsp3) is 0.222. The van der Waals surface area contributed by atoms with Gasteiger partial charge in [0.1, 0.15) is 17.7 Å². The summed E-state index contributed by atoms with van der Waals surface area (Å²) in [6, 6.07) is 11.8. The van der Waals surface area contributed by atoms with Crippen molar-refractivity contribution in [1.82, 2.24) is 9.88 Å². The predicted molar refractivity (Wildman–Crippen MR) is 92.1 cm³/mol. The van der Waals surface area contributed by atoms with Crippen LogP contribution in [0.5, 0.6) is 5.75 Å². The van der Waals surface area contributed by atoms with E-state index in [2.05, 4.69) is 11.6 Å². The summed E-state index contributed by atoms with van der Waals surface area (Å²) in [5.74, 6) is 1.45. The van der Waals surface area contributed by atoms with Gasteiger partial charge >= 0.3 is 0 Å². The van der Waals surface area contributed by atoms with Crippen molar-refractivity contribution < 1.29 is 9.53 Å². The molecule has 1 aromatic carbocycles. The van der Waals surface area contributed by atoms with E-state index < -0.39 is 0 Å². The average molecular weight is 326 g/mol. The molecule has 1 aromatic heterocycles. The normalized spacial score (nSPS) is 17.3. The summed E-state index contributed by atoms with van der Waals surface area (Å²) in [5.41, 5.74) is 2.10.